The van der Waals surface area contributed by atoms with E-state index in [-0.39, 0.29) is 12.0 Å². The summed E-state index contributed by atoms with van der Waals surface area (Å²) >= 11 is -0.0945. The van der Waals surface area contributed by atoms with Gasteiger partial charge in [0.15, 0.2) is 5.44 Å². The van der Waals surface area contributed by atoms with E-state index in [1.807, 2.05) is 0 Å². The van der Waals surface area contributed by atoms with Gasteiger partial charge in [-0.25, -0.2) is 5.26 Å². The predicted molar refractivity (Wildman–Crippen MR) is 36.0 cm³/mol. The lowest BCUT2D eigenvalue weighted by atomic mass is 10.8. The summed E-state index contributed by atoms with van der Waals surface area (Å²) < 4.78 is 32.0. The van der Waals surface area contributed by atoms with E-state index in [9.17, 15) is 8.42 Å². The van der Waals surface area contributed by atoms with Crippen LogP contribution in [-0.2, 0) is 19.5 Å². The third kappa shape index (κ3) is 4.18. The zero-order valence-corrected chi connectivity index (χ0v) is 7.03. The van der Waals surface area contributed by atoms with Crippen LogP contribution in [0.25, 0.3) is 0 Å². The lowest BCUT2D eigenvalue weighted by molar-refractivity contribution is -0.432. The first-order valence-corrected chi connectivity index (χ1v) is 4.66. The Morgan fingerprint density at radius 2 is 1.83 bits per heavy atom. The SMILES string of the molecule is O=S(=O)(O)C(O)C(O)SOOO. The van der Waals surface area contributed by atoms with Gasteiger partial charge in [-0.3, -0.25) is 4.55 Å². The molecule has 0 aromatic carbocycles. The van der Waals surface area contributed by atoms with Gasteiger partial charge in [0.25, 0.3) is 10.1 Å². The van der Waals surface area contributed by atoms with E-state index in [1.54, 1.807) is 0 Å². The van der Waals surface area contributed by atoms with Crippen LogP contribution in [-0.4, -0.2) is 39.3 Å². The van der Waals surface area contributed by atoms with Crippen LogP contribution in [0.3, 0.4) is 0 Å². The van der Waals surface area contributed by atoms with Crippen LogP contribution in [0.15, 0.2) is 0 Å². The van der Waals surface area contributed by atoms with E-state index >= 15 is 0 Å². The Morgan fingerprint density at radius 1 is 1.33 bits per heavy atom. The molecule has 0 saturated heterocycles. The highest BCUT2D eigenvalue weighted by Crippen LogP contribution is 2.16. The molecule has 0 aliphatic rings. The summed E-state index contributed by atoms with van der Waals surface area (Å²) in [6, 6.07) is 0. The third-order valence-electron chi connectivity index (χ3n) is 0.717. The van der Waals surface area contributed by atoms with Crippen molar-refractivity contribution >= 4 is 22.2 Å². The lowest BCUT2D eigenvalue weighted by Crippen LogP contribution is -2.31. The predicted octanol–water partition coefficient (Wildman–Crippen LogP) is -1.42. The van der Waals surface area contributed by atoms with E-state index in [1.165, 1.54) is 0 Å². The zero-order chi connectivity index (χ0) is 9.78. The van der Waals surface area contributed by atoms with E-state index in [0.29, 0.717) is 0 Å². The average Bonchev–Trinajstić information content (AvgIpc) is 1.97. The van der Waals surface area contributed by atoms with Crippen molar-refractivity contribution in [2.45, 2.75) is 10.9 Å². The first-order valence-electron chi connectivity index (χ1n) is 2.35. The fraction of sp³-hybridized carbons (Fsp3) is 1.00. The van der Waals surface area contributed by atoms with Crippen molar-refractivity contribution in [1.82, 2.24) is 0 Å². The number of hydrogen-bond acceptors (Lipinski definition) is 8. The van der Waals surface area contributed by atoms with Crippen molar-refractivity contribution < 1.29 is 37.8 Å². The minimum Gasteiger partial charge on any atom is -0.376 e. The minimum atomic E-state index is -4.76. The van der Waals surface area contributed by atoms with Gasteiger partial charge < -0.3 is 10.2 Å². The summed E-state index contributed by atoms with van der Waals surface area (Å²) in [5, 5.41) is 27.7. The molecule has 74 valence electrons. The molecule has 0 aromatic heterocycles. The summed E-state index contributed by atoms with van der Waals surface area (Å²) in [7, 11) is -4.76. The van der Waals surface area contributed by atoms with Crippen LogP contribution in [0.1, 0.15) is 0 Å². The van der Waals surface area contributed by atoms with Gasteiger partial charge >= 0.3 is 0 Å². The molecule has 0 radical (unpaired) electrons. The fourth-order valence-electron chi connectivity index (χ4n) is 0.252. The van der Waals surface area contributed by atoms with Crippen molar-refractivity contribution in [2.24, 2.45) is 0 Å². The maximum absolute atomic E-state index is 10.1. The summed E-state index contributed by atoms with van der Waals surface area (Å²) in [6.07, 6.45) is 0. The highest BCUT2D eigenvalue weighted by Gasteiger charge is 2.30. The smallest absolute Gasteiger partial charge is 0.295 e. The highest BCUT2D eigenvalue weighted by atomic mass is 32.2. The van der Waals surface area contributed by atoms with Crippen molar-refractivity contribution in [1.29, 1.82) is 0 Å². The van der Waals surface area contributed by atoms with Gasteiger partial charge in [0, 0.05) is 0 Å². The van der Waals surface area contributed by atoms with Gasteiger partial charge in [-0.1, -0.05) is 5.04 Å². The Balaban J connectivity index is 4.02. The van der Waals surface area contributed by atoms with Crippen LogP contribution in [0.2, 0.25) is 0 Å². The Bertz CT molecular complexity index is 209. The maximum Gasteiger partial charge on any atom is 0.295 e. The number of aliphatic hydroxyl groups is 2. The molecule has 4 N–H and O–H groups in total. The molecule has 0 spiro atoms. The molecule has 0 heterocycles. The molecule has 8 nitrogen and oxygen atoms in total. The van der Waals surface area contributed by atoms with Crippen molar-refractivity contribution in [3.63, 3.8) is 0 Å². The van der Waals surface area contributed by atoms with Gasteiger partial charge in [-0.05, 0) is 0 Å². The normalized spacial score (nSPS) is 17.3. The standard InChI is InChI=1S/C2H6O8S2/c3-1(11-10-9-5)2(4)12(6,7)8/h1-5H,(H,6,7,8). The fourth-order valence-corrected chi connectivity index (χ4v) is 1.31. The Kier molecular flexibility index (Phi) is 4.96. The largest absolute Gasteiger partial charge is 0.376 e. The number of rotatable bonds is 5. The average molecular weight is 222 g/mol. The Morgan fingerprint density at radius 3 is 2.17 bits per heavy atom. The van der Waals surface area contributed by atoms with E-state index in [0.717, 1.165) is 0 Å². The van der Waals surface area contributed by atoms with Gasteiger partial charge in [0.1, 0.15) is 0 Å². The molecule has 0 rings (SSSR count). The first-order chi connectivity index (χ1) is 5.39. The third-order valence-corrected chi connectivity index (χ3v) is 2.35. The Labute approximate surface area is 71.5 Å². The van der Waals surface area contributed by atoms with E-state index in [2.05, 4.69) is 9.37 Å². The molecule has 0 amide bonds. The first kappa shape index (κ1) is 12.1. The zero-order valence-electron chi connectivity index (χ0n) is 5.39. The highest BCUT2D eigenvalue weighted by molar-refractivity contribution is 7.96. The van der Waals surface area contributed by atoms with Crippen molar-refractivity contribution in [3.8, 4) is 0 Å². The molecular formula is C2H6O8S2. The minimum absolute atomic E-state index is 0.0945. The summed E-state index contributed by atoms with van der Waals surface area (Å²) in [5.41, 5.74) is -4.43. The Hall–Kier alpha value is 0.0600. The molecule has 0 bridgehead atoms. The van der Waals surface area contributed by atoms with Crippen molar-refractivity contribution in [2.75, 3.05) is 0 Å². The molecule has 2 atom stereocenters. The van der Waals surface area contributed by atoms with Crippen LogP contribution in [0.5, 0.6) is 0 Å². The second-order valence-electron chi connectivity index (χ2n) is 1.53. The van der Waals surface area contributed by atoms with Gasteiger partial charge in [0.05, 0.1) is 12.0 Å². The summed E-state index contributed by atoms with van der Waals surface area (Å²) in [6.45, 7) is 0. The van der Waals surface area contributed by atoms with E-state index < -0.39 is 21.0 Å². The lowest BCUT2D eigenvalue weighted by Gasteiger charge is -2.11. The van der Waals surface area contributed by atoms with Crippen LogP contribution in [0, 0.1) is 0 Å². The number of aliphatic hydroxyl groups excluding tert-OH is 2. The molecular weight excluding hydrogens is 216 g/mol. The van der Waals surface area contributed by atoms with Gasteiger partial charge in [0.2, 0.25) is 5.44 Å². The molecule has 2 unspecified atom stereocenters. The van der Waals surface area contributed by atoms with Gasteiger partial charge in [-0.15, -0.1) is 4.33 Å². The maximum atomic E-state index is 10.1. The summed E-state index contributed by atoms with van der Waals surface area (Å²) in [4.78, 5) is 0. The van der Waals surface area contributed by atoms with Crippen LogP contribution >= 0.6 is 12.0 Å². The monoisotopic (exact) mass is 222 g/mol. The van der Waals surface area contributed by atoms with Gasteiger partial charge in [-0.2, -0.15) is 8.42 Å². The molecule has 0 aliphatic carbocycles. The number of hydrogen-bond donors (Lipinski definition) is 4. The topological polar surface area (TPSA) is 134 Å². The van der Waals surface area contributed by atoms with Crippen LogP contribution < -0.4 is 0 Å². The molecule has 0 aliphatic heterocycles. The molecule has 0 saturated carbocycles. The molecule has 0 aromatic rings. The van der Waals surface area contributed by atoms with Crippen LogP contribution in [0.4, 0.5) is 0 Å². The molecule has 12 heavy (non-hydrogen) atoms. The molecule has 10 heteroatoms. The quantitative estimate of drug-likeness (QED) is 0.145. The second kappa shape index (κ2) is 4.94. The molecule has 0 fully saturated rings. The second-order valence-corrected chi connectivity index (χ2v) is 3.86. The summed E-state index contributed by atoms with van der Waals surface area (Å²) in [5.74, 6) is 0. The van der Waals surface area contributed by atoms with E-state index in [4.69, 9.17) is 20.0 Å². The van der Waals surface area contributed by atoms with Crippen molar-refractivity contribution in [3.05, 3.63) is 0 Å².